The van der Waals surface area contributed by atoms with Gasteiger partial charge in [0.15, 0.2) is 5.96 Å². The van der Waals surface area contributed by atoms with Gasteiger partial charge in [-0.15, -0.1) is 24.0 Å². The van der Waals surface area contributed by atoms with Crippen LogP contribution in [0.3, 0.4) is 0 Å². The fourth-order valence-electron chi connectivity index (χ4n) is 4.01. The number of nitrogens with one attached hydrogen (secondary N) is 2. The van der Waals surface area contributed by atoms with Gasteiger partial charge in [0.05, 0.1) is 6.54 Å². The maximum Gasteiger partial charge on any atom is 0.191 e. The van der Waals surface area contributed by atoms with E-state index in [9.17, 15) is 0 Å². The van der Waals surface area contributed by atoms with Gasteiger partial charge in [0.1, 0.15) is 0 Å². The first kappa shape index (κ1) is 23.8. The van der Waals surface area contributed by atoms with Crippen molar-refractivity contribution in [2.75, 3.05) is 45.0 Å². The molecule has 1 aromatic rings. The van der Waals surface area contributed by atoms with Crippen LogP contribution in [0.1, 0.15) is 38.7 Å². The summed E-state index contributed by atoms with van der Waals surface area (Å²) in [6, 6.07) is 10.8. The average Bonchev–Trinajstić information content (AvgIpc) is 3.33. The van der Waals surface area contributed by atoms with Gasteiger partial charge in [0.2, 0.25) is 0 Å². The second-order valence-corrected chi connectivity index (χ2v) is 9.85. The summed E-state index contributed by atoms with van der Waals surface area (Å²) in [7, 11) is 0. The molecule has 2 atom stereocenters. The molecule has 0 radical (unpaired) electrons. The molecule has 2 aliphatic rings. The van der Waals surface area contributed by atoms with Crippen molar-refractivity contribution in [3.8, 4) is 0 Å². The predicted octanol–water partition coefficient (Wildman–Crippen LogP) is 4.01. The van der Waals surface area contributed by atoms with E-state index < -0.39 is 0 Å². The molecule has 0 aliphatic carbocycles. The second kappa shape index (κ2) is 12.3. The molecule has 2 unspecified atom stereocenters. The van der Waals surface area contributed by atoms with Crippen molar-refractivity contribution >= 4 is 41.7 Å². The summed E-state index contributed by atoms with van der Waals surface area (Å²) in [5.41, 5.74) is 1.44. The van der Waals surface area contributed by atoms with Crippen LogP contribution in [-0.4, -0.2) is 60.6 Å². The first-order chi connectivity index (χ1) is 13.2. The monoisotopic (exact) mass is 516 g/mol. The highest BCUT2D eigenvalue weighted by Gasteiger charge is 2.29. The van der Waals surface area contributed by atoms with Crippen molar-refractivity contribution in [1.82, 2.24) is 15.5 Å². The van der Waals surface area contributed by atoms with Crippen LogP contribution in [0.15, 0.2) is 35.3 Å². The van der Waals surface area contributed by atoms with E-state index in [2.05, 4.69) is 71.5 Å². The number of aliphatic imine (C=N–C) groups is 1. The van der Waals surface area contributed by atoms with Crippen LogP contribution in [0.4, 0.5) is 0 Å². The first-order valence-electron chi connectivity index (χ1n) is 10.6. The van der Waals surface area contributed by atoms with E-state index in [0.717, 1.165) is 37.9 Å². The van der Waals surface area contributed by atoms with E-state index in [-0.39, 0.29) is 24.0 Å². The van der Waals surface area contributed by atoms with Crippen LogP contribution in [-0.2, 0) is 6.42 Å². The maximum atomic E-state index is 4.88. The highest BCUT2D eigenvalue weighted by atomic mass is 127. The molecular formula is C22H37IN4S. The summed E-state index contributed by atoms with van der Waals surface area (Å²) in [6.07, 6.45) is 5.07. The van der Waals surface area contributed by atoms with Gasteiger partial charge in [-0.1, -0.05) is 30.3 Å². The number of hydrogen-bond donors (Lipinski definition) is 2. The molecule has 2 fully saturated rings. The van der Waals surface area contributed by atoms with Gasteiger partial charge in [-0.05, 0) is 63.3 Å². The van der Waals surface area contributed by atoms with Gasteiger partial charge < -0.3 is 15.5 Å². The largest absolute Gasteiger partial charge is 0.357 e. The van der Waals surface area contributed by atoms with Gasteiger partial charge in [0.25, 0.3) is 0 Å². The first-order valence-corrected chi connectivity index (χ1v) is 11.6. The molecule has 2 aliphatic heterocycles. The van der Waals surface area contributed by atoms with E-state index in [1.165, 1.54) is 50.2 Å². The zero-order valence-corrected chi connectivity index (χ0v) is 20.6. The Balaban J connectivity index is 0.00000280. The number of thioether (sulfide) groups is 1. The van der Waals surface area contributed by atoms with Crippen molar-refractivity contribution in [2.24, 2.45) is 10.9 Å². The van der Waals surface area contributed by atoms with Gasteiger partial charge in [0, 0.05) is 30.9 Å². The summed E-state index contributed by atoms with van der Waals surface area (Å²) in [6.45, 7) is 11.0. The summed E-state index contributed by atoms with van der Waals surface area (Å²) in [4.78, 5) is 7.49. The number of halogens is 1. The number of nitrogens with zero attached hydrogens (tertiary/aromatic N) is 2. The fourth-order valence-corrected chi connectivity index (χ4v) is 5.23. The number of likely N-dealkylation sites (tertiary alicyclic amines) is 1. The summed E-state index contributed by atoms with van der Waals surface area (Å²) >= 11 is 2.08. The lowest BCUT2D eigenvalue weighted by molar-refractivity contribution is 0.328. The van der Waals surface area contributed by atoms with Crippen molar-refractivity contribution in [3.05, 3.63) is 35.9 Å². The molecule has 2 heterocycles. The summed E-state index contributed by atoms with van der Waals surface area (Å²) in [5, 5.41) is 7.02. The lowest BCUT2D eigenvalue weighted by Gasteiger charge is -2.21. The third kappa shape index (κ3) is 7.75. The number of guanidine groups is 1. The molecule has 2 saturated heterocycles. The van der Waals surface area contributed by atoms with Crippen LogP contribution >= 0.6 is 35.7 Å². The lowest BCUT2D eigenvalue weighted by Crippen LogP contribution is -2.41. The normalized spacial score (nSPS) is 25.5. The third-order valence-corrected chi connectivity index (χ3v) is 7.23. The second-order valence-electron chi connectivity index (χ2n) is 8.17. The quantitative estimate of drug-likeness (QED) is 0.311. The molecule has 0 saturated carbocycles. The Bertz CT molecular complexity index is 589. The van der Waals surface area contributed by atoms with Gasteiger partial charge in [-0.25, -0.2) is 0 Å². The number of rotatable bonds is 8. The van der Waals surface area contributed by atoms with Crippen LogP contribution in [0.2, 0.25) is 0 Å². The van der Waals surface area contributed by atoms with E-state index >= 15 is 0 Å². The molecule has 4 nitrogen and oxygen atoms in total. The van der Waals surface area contributed by atoms with Gasteiger partial charge in [-0.2, -0.15) is 11.8 Å². The lowest BCUT2D eigenvalue weighted by atomic mass is 10.1. The zero-order valence-electron chi connectivity index (χ0n) is 17.5. The van der Waals surface area contributed by atoms with Crippen LogP contribution in [0.5, 0.6) is 0 Å². The van der Waals surface area contributed by atoms with Crippen molar-refractivity contribution < 1.29 is 0 Å². The molecule has 1 aromatic carbocycles. The van der Waals surface area contributed by atoms with Crippen molar-refractivity contribution in [2.45, 2.75) is 44.3 Å². The Morgan fingerprint density at radius 2 is 2.11 bits per heavy atom. The van der Waals surface area contributed by atoms with E-state index in [1.54, 1.807) is 0 Å². The van der Waals surface area contributed by atoms with E-state index in [1.807, 2.05) is 0 Å². The molecular weight excluding hydrogens is 479 g/mol. The van der Waals surface area contributed by atoms with Crippen LogP contribution < -0.4 is 10.6 Å². The minimum absolute atomic E-state index is 0. The third-order valence-electron chi connectivity index (χ3n) is 5.70. The van der Waals surface area contributed by atoms with Crippen molar-refractivity contribution in [3.63, 3.8) is 0 Å². The molecule has 0 aromatic heterocycles. The molecule has 158 valence electrons. The Kier molecular flexibility index (Phi) is 10.4. The average molecular weight is 517 g/mol. The Labute approximate surface area is 192 Å². The summed E-state index contributed by atoms with van der Waals surface area (Å²) in [5.74, 6) is 3.01. The maximum absolute atomic E-state index is 4.88. The Morgan fingerprint density at radius 1 is 1.29 bits per heavy atom. The molecule has 0 amide bonds. The fraction of sp³-hybridized carbons (Fsp3) is 0.682. The molecule has 0 bridgehead atoms. The predicted molar refractivity (Wildman–Crippen MR) is 134 cm³/mol. The van der Waals surface area contributed by atoms with Gasteiger partial charge in [-0.3, -0.25) is 4.99 Å². The van der Waals surface area contributed by atoms with Crippen LogP contribution in [0, 0.1) is 5.92 Å². The van der Waals surface area contributed by atoms with Crippen LogP contribution in [0.25, 0.3) is 0 Å². The number of benzene rings is 1. The van der Waals surface area contributed by atoms with Gasteiger partial charge >= 0.3 is 0 Å². The molecule has 2 N–H and O–H groups in total. The standard InChI is InChI=1S/C22H36N4S.HI/c1-3-23-21(25-18-22(2)12-7-15-27-22)24-16-20-11-14-26(17-20)13-10-19-8-5-4-6-9-19;/h4-6,8-9,20H,3,7,10-18H2,1-2H3,(H2,23,24,25);1H. The highest BCUT2D eigenvalue weighted by molar-refractivity contribution is 14.0. The minimum Gasteiger partial charge on any atom is -0.357 e. The number of hydrogen-bond acceptors (Lipinski definition) is 3. The van der Waals surface area contributed by atoms with E-state index in [4.69, 9.17) is 4.99 Å². The summed E-state index contributed by atoms with van der Waals surface area (Å²) < 4.78 is 0.337. The molecule has 3 rings (SSSR count). The highest BCUT2D eigenvalue weighted by Crippen LogP contribution is 2.37. The smallest absolute Gasteiger partial charge is 0.191 e. The SMILES string of the molecule is CCNC(=NCC1(C)CCCS1)NCC1CCN(CCc2ccccc2)C1.I. The molecule has 6 heteroatoms. The minimum atomic E-state index is 0. The Hall–Kier alpha value is -0.470. The topological polar surface area (TPSA) is 39.7 Å². The zero-order chi connectivity index (χ0) is 19.0. The van der Waals surface area contributed by atoms with E-state index in [0.29, 0.717) is 4.75 Å². The molecule has 28 heavy (non-hydrogen) atoms. The Morgan fingerprint density at radius 3 is 2.82 bits per heavy atom. The molecule has 0 spiro atoms. The van der Waals surface area contributed by atoms with Crippen molar-refractivity contribution in [1.29, 1.82) is 0 Å².